The minimum Gasteiger partial charge on any atom is -0.300 e. The topological polar surface area (TPSA) is 37.0 Å². The van der Waals surface area contributed by atoms with Gasteiger partial charge in [-0.1, -0.05) is 36.4 Å². The van der Waals surface area contributed by atoms with Crippen LogP contribution in [0, 0.1) is 6.92 Å². The Labute approximate surface area is 112 Å². The molecule has 0 aliphatic heterocycles. The van der Waals surface area contributed by atoms with E-state index < -0.39 is 0 Å². The molecular weight excluding hydrogens is 234 g/mol. The van der Waals surface area contributed by atoms with Crippen LogP contribution in [0.2, 0.25) is 0 Å². The van der Waals surface area contributed by atoms with Crippen LogP contribution in [0.5, 0.6) is 0 Å². The molecule has 3 heteroatoms. The van der Waals surface area contributed by atoms with E-state index in [-0.39, 0.29) is 0 Å². The molecule has 2 aromatic carbocycles. The van der Waals surface area contributed by atoms with Gasteiger partial charge in [0.1, 0.15) is 5.82 Å². The van der Waals surface area contributed by atoms with Crippen molar-refractivity contribution < 1.29 is 0 Å². The van der Waals surface area contributed by atoms with Crippen molar-refractivity contribution in [3.63, 3.8) is 0 Å². The van der Waals surface area contributed by atoms with Crippen molar-refractivity contribution in [1.29, 1.82) is 0 Å². The van der Waals surface area contributed by atoms with Crippen molar-refractivity contribution in [1.82, 2.24) is 4.98 Å². The zero-order valence-electron chi connectivity index (χ0n) is 10.7. The Morgan fingerprint density at radius 1 is 0.842 bits per heavy atom. The van der Waals surface area contributed by atoms with Gasteiger partial charge < -0.3 is 0 Å². The number of fused-ring (bicyclic) bond motifs is 1. The van der Waals surface area contributed by atoms with E-state index in [1.165, 1.54) is 10.9 Å². The number of aromatic nitrogens is 1. The molecule has 0 aliphatic carbocycles. The third-order valence-electron chi connectivity index (χ3n) is 3.03. The lowest BCUT2D eigenvalue weighted by Gasteiger charge is -2.11. The molecule has 1 heterocycles. The van der Waals surface area contributed by atoms with Crippen molar-refractivity contribution in [3.05, 3.63) is 66.2 Å². The molecular formula is C16H15N3. The molecule has 3 aromatic rings. The van der Waals surface area contributed by atoms with Gasteiger partial charge in [-0.25, -0.2) is 4.98 Å². The number of benzene rings is 2. The second kappa shape index (κ2) is 4.98. The zero-order chi connectivity index (χ0) is 13.1. The molecule has 3 rings (SSSR count). The maximum atomic E-state index is 4.58. The van der Waals surface area contributed by atoms with Crippen molar-refractivity contribution in [2.75, 3.05) is 10.9 Å². The maximum absolute atomic E-state index is 4.58. The van der Waals surface area contributed by atoms with E-state index in [0.717, 1.165) is 17.0 Å². The first-order chi connectivity index (χ1) is 9.33. The Kier molecular flexibility index (Phi) is 3.02. The van der Waals surface area contributed by atoms with Crippen molar-refractivity contribution in [2.45, 2.75) is 6.92 Å². The minimum absolute atomic E-state index is 0.819. The third-order valence-corrected chi connectivity index (χ3v) is 3.03. The van der Waals surface area contributed by atoms with Gasteiger partial charge in [0.25, 0.3) is 0 Å². The summed E-state index contributed by atoms with van der Waals surface area (Å²) in [6.45, 7) is 2.09. The highest BCUT2D eigenvalue weighted by molar-refractivity contribution is 5.83. The molecule has 2 N–H and O–H groups in total. The first-order valence-electron chi connectivity index (χ1n) is 6.26. The number of rotatable bonds is 3. The van der Waals surface area contributed by atoms with Gasteiger partial charge in [0.05, 0.1) is 11.2 Å². The average Bonchev–Trinajstić information content (AvgIpc) is 2.46. The normalized spacial score (nSPS) is 10.4. The Morgan fingerprint density at radius 2 is 1.58 bits per heavy atom. The number of nitrogens with zero attached hydrogens (tertiary/aromatic N) is 1. The smallest absolute Gasteiger partial charge is 0.145 e. The molecule has 0 spiro atoms. The Morgan fingerprint density at radius 3 is 2.42 bits per heavy atom. The van der Waals surface area contributed by atoms with Gasteiger partial charge in [-0.3, -0.25) is 10.9 Å². The molecule has 1 aromatic heterocycles. The quantitative estimate of drug-likeness (QED) is 0.689. The number of pyridine rings is 1. The number of aryl methyl sites for hydroxylation is 1. The lowest BCUT2D eigenvalue weighted by atomic mass is 10.1. The van der Waals surface area contributed by atoms with Crippen molar-refractivity contribution in [2.24, 2.45) is 0 Å². The average molecular weight is 249 g/mol. The van der Waals surface area contributed by atoms with Gasteiger partial charge in [-0.05, 0) is 36.8 Å². The lowest BCUT2D eigenvalue weighted by Crippen LogP contribution is -2.10. The monoisotopic (exact) mass is 249 g/mol. The third kappa shape index (κ3) is 2.50. The zero-order valence-corrected chi connectivity index (χ0v) is 10.7. The number of hydrogen-bond donors (Lipinski definition) is 2. The summed E-state index contributed by atoms with van der Waals surface area (Å²) < 4.78 is 0. The summed E-state index contributed by atoms with van der Waals surface area (Å²) >= 11 is 0. The molecule has 0 unspecified atom stereocenters. The second-order valence-electron chi connectivity index (χ2n) is 4.46. The molecule has 0 atom stereocenters. The fraction of sp³-hybridized carbons (Fsp3) is 0.0625. The van der Waals surface area contributed by atoms with E-state index >= 15 is 0 Å². The summed E-state index contributed by atoms with van der Waals surface area (Å²) in [6.07, 6.45) is 0. The van der Waals surface area contributed by atoms with E-state index in [2.05, 4.69) is 28.8 Å². The summed E-state index contributed by atoms with van der Waals surface area (Å²) in [5.41, 5.74) is 9.49. The van der Waals surface area contributed by atoms with Crippen molar-refractivity contribution >= 4 is 22.4 Å². The largest absolute Gasteiger partial charge is 0.300 e. The highest BCUT2D eigenvalue weighted by Crippen LogP contribution is 2.19. The summed E-state index contributed by atoms with van der Waals surface area (Å²) in [5, 5.41) is 1.19. The highest BCUT2D eigenvalue weighted by atomic mass is 15.4. The Bertz CT molecular complexity index is 693. The van der Waals surface area contributed by atoms with Crippen LogP contribution in [-0.4, -0.2) is 4.98 Å². The molecule has 3 nitrogen and oxygen atoms in total. The fourth-order valence-electron chi connectivity index (χ4n) is 2.07. The van der Waals surface area contributed by atoms with Gasteiger partial charge in [-0.2, -0.15) is 0 Å². The second-order valence-corrected chi connectivity index (χ2v) is 4.46. The van der Waals surface area contributed by atoms with Crippen LogP contribution >= 0.6 is 0 Å². The highest BCUT2D eigenvalue weighted by Gasteiger charge is 2.01. The molecule has 0 aliphatic rings. The molecule has 94 valence electrons. The maximum Gasteiger partial charge on any atom is 0.145 e. The first kappa shape index (κ1) is 11.5. The predicted octanol–water partition coefficient (Wildman–Crippen LogP) is 3.98. The van der Waals surface area contributed by atoms with Gasteiger partial charge >= 0.3 is 0 Å². The predicted molar refractivity (Wildman–Crippen MR) is 80.2 cm³/mol. The molecule has 0 bridgehead atoms. The minimum atomic E-state index is 0.819. The molecule has 0 fully saturated rings. The van der Waals surface area contributed by atoms with Crippen LogP contribution in [0.25, 0.3) is 10.9 Å². The van der Waals surface area contributed by atoms with Crippen LogP contribution in [-0.2, 0) is 0 Å². The van der Waals surface area contributed by atoms with Crippen molar-refractivity contribution in [3.8, 4) is 0 Å². The Hall–Kier alpha value is -2.55. The van der Waals surface area contributed by atoms with E-state index in [0.29, 0.717) is 0 Å². The molecule has 0 saturated heterocycles. The van der Waals surface area contributed by atoms with E-state index in [4.69, 9.17) is 0 Å². The number of hydrogen-bond acceptors (Lipinski definition) is 3. The molecule has 19 heavy (non-hydrogen) atoms. The summed E-state index contributed by atoms with van der Waals surface area (Å²) in [5.74, 6) is 0.819. The van der Waals surface area contributed by atoms with Crippen LogP contribution in [0.15, 0.2) is 60.7 Å². The summed E-state index contributed by atoms with van der Waals surface area (Å²) in [7, 11) is 0. The fourth-order valence-corrected chi connectivity index (χ4v) is 2.07. The van der Waals surface area contributed by atoms with E-state index in [1.54, 1.807) is 0 Å². The number of para-hydroxylation sites is 2. The molecule has 0 amide bonds. The van der Waals surface area contributed by atoms with Gasteiger partial charge in [0.2, 0.25) is 0 Å². The van der Waals surface area contributed by atoms with Crippen LogP contribution in [0.3, 0.4) is 0 Å². The molecule has 0 saturated carbocycles. The van der Waals surface area contributed by atoms with Gasteiger partial charge in [-0.15, -0.1) is 0 Å². The van der Waals surface area contributed by atoms with E-state index in [9.17, 15) is 0 Å². The van der Waals surface area contributed by atoms with Gasteiger partial charge in [0.15, 0.2) is 0 Å². The van der Waals surface area contributed by atoms with Gasteiger partial charge in [0, 0.05) is 5.39 Å². The number of anilines is 2. The summed E-state index contributed by atoms with van der Waals surface area (Å²) in [6, 6.07) is 20.2. The van der Waals surface area contributed by atoms with Crippen LogP contribution in [0.1, 0.15) is 5.56 Å². The van der Waals surface area contributed by atoms with Crippen LogP contribution in [0.4, 0.5) is 11.5 Å². The van der Waals surface area contributed by atoms with E-state index in [1.807, 2.05) is 54.6 Å². The lowest BCUT2D eigenvalue weighted by molar-refractivity contribution is 1.29. The Balaban J connectivity index is 1.85. The standard InChI is InChI=1S/C16H15N3/c1-12-11-16(17-15-10-6-5-9-14(12)15)19-18-13-7-3-2-4-8-13/h2-11,18H,1H3,(H,17,19). The molecule has 0 radical (unpaired) electrons. The SMILES string of the molecule is Cc1cc(NNc2ccccc2)nc2ccccc12. The number of hydrazine groups is 1. The summed E-state index contributed by atoms with van der Waals surface area (Å²) in [4.78, 5) is 4.58. The number of nitrogens with one attached hydrogen (secondary N) is 2. The first-order valence-corrected chi connectivity index (χ1v) is 6.26. The van der Waals surface area contributed by atoms with Crippen LogP contribution < -0.4 is 10.9 Å².